The summed E-state index contributed by atoms with van der Waals surface area (Å²) in [5.41, 5.74) is 0. The van der Waals surface area contributed by atoms with E-state index in [2.05, 4.69) is 5.32 Å². The lowest BCUT2D eigenvalue weighted by molar-refractivity contribution is -0.145. The first-order chi connectivity index (χ1) is 7.65. The third kappa shape index (κ3) is 3.90. The quantitative estimate of drug-likeness (QED) is 0.644. The van der Waals surface area contributed by atoms with Crippen LogP contribution in [0.2, 0.25) is 0 Å². The fraction of sp³-hybridized carbons (Fsp3) is 0.818. The lowest BCUT2D eigenvalue weighted by atomic mass is 10.2. The van der Waals surface area contributed by atoms with E-state index in [0.29, 0.717) is 19.4 Å². The van der Waals surface area contributed by atoms with Gasteiger partial charge >= 0.3 is 0 Å². The van der Waals surface area contributed by atoms with Gasteiger partial charge in [0.1, 0.15) is 0 Å². The summed E-state index contributed by atoms with van der Waals surface area (Å²) in [6.45, 7) is 3.23. The molecule has 1 unspecified atom stereocenters. The van der Waals surface area contributed by atoms with Crippen LogP contribution in [0.5, 0.6) is 0 Å². The summed E-state index contributed by atoms with van der Waals surface area (Å²) in [5, 5.41) is 12.6. The molecule has 16 heavy (non-hydrogen) atoms. The number of imide groups is 1. The molecule has 0 spiro atoms. The average molecular weight is 228 g/mol. The number of β-amino-alcohol motifs (C(OH)–C–C–N with tert-alkyl or cyclic N) is 1. The Labute approximate surface area is 95.8 Å². The molecule has 5 heteroatoms. The number of nitrogens with one attached hydrogen (secondary N) is 1. The van der Waals surface area contributed by atoms with Crippen LogP contribution in [0, 0.1) is 0 Å². The maximum absolute atomic E-state index is 11.6. The highest BCUT2D eigenvalue weighted by molar-refractivity contribution is 5.96. The number of nitrogens with zero attached hydrogens (tertiary/aromatic N) is 1. The predicted octanol–water partition coefficient (Wildman–Crippen LogP) is -0.114. The summed E-state index contributed by atoms with van der Waals surface area (Å²) in [7, 11) is 0. The average Bonchev–Trinajstić information content (AvgIpc) is 2.41. The number of hydrogen-bond donors (Lipinski definition) is 2. The molecule has 92 valence electrons. The maximum Gasteiger partial charge on any atom is 0.229 e. The second-order valence-electron chi connectivity index (χ2n) is 4.07. The topological polar surface area (TPSA) is 69.6 Å². The normalized spacial score (nSPS) is 19.8. The SMILES string of the molecule is CCNCC(O)CN1C(=O)CCCCC1=O. The number of likely N-dealkylation sites (tertiary alicyclic amines) is 1. The van der Waals surface area contributed by atoms with Crippen molar-refractivity contribution in [2.75, 3.05) is 19.6 Å². The Bertz CT molecular complexity index is 238. The van der Waals surface area contributed by atoms with Crippen molar-refractivity contribution in [1.29, 1.82) is 0 Å². The van der Waals surface area contributed by atoms with Crippen LogP contribution in [0.3, 0.4) is 0 Å². The highest BCUT2D eigenvalue weighted by Gasteiger charge is 2.25. The molecule has 1 aliphatic rings. The van der Waals surface area contributed by atoms with E-state index in [1.165, 1.54) is 4.90 Å². The fourth-order valence-corrected chi connectivity index (χ4v) is 1.75. The van der Waals surface area contributed by atoms with Crippen LogP contribution in [0.1, 0.15) is 32.6 Å². The lowest BCUT2D eigenvalue weighted by Gasteiger charge is -2.22. The summed E-state index contributed by atoms with van der Waals surface area (Å²) in [4.78, 5) is 24.4. The Balaban J connectivity index is 2.48. The molecule has 1 saturated heterocycles. The number of carbonyl (C=O) groups is 2. The van der Waals surface area contributed by atoms with E-state index in [-0.39, 0.29) is 18.4 Å². The number of carbonyl (C=O) groups excluding carboxylic acids is 2. The minimum absolute atomic E-state index is 0.116. The van der Waals surface area contributed by atoms with Gasteiger partial charge in [0.25, 0.3) is 0 Å². The van der Waals surface area contributed by atoms with Gasteiger partial charge in [-0.2, -0.15) is 0 Å². The van der Waals surface area contributed by atoms with Gasteiger partial charge in [-0.3, -0.25) is 14.5 Å². The van der Waals surface area contributed by atoms with Crippen LogP contribution in [0.25, 0.3) is 0 Å². The molecule has 0 radical (unpaired) electrons. The summed E-state index contributed by atoms with van der Waals surface area (Å²) in [6.07, 6.45) is 1.69. The second kappa shape index (κ2) is 6.60. The van der Waals surface area contributed by atoms with Crippen molar-refractivity contribution in [3.8, 4) is 0 Å². The van der Waals surface area contributed by atoms with Crippen molar-refractivity contribution in [2.45, 2.75) is 38.7 Å². The van der Waals surface area contributed by atoms with Gasteiger partial charge in [-0.25, -0.2) is 0 Å². The molecule has 1 atom stereocenters. The standard InChI is InChI=1S/C11H20N2O3/c1-2-12-7-9(14)8-13-10(15)5-3-4-6-11(13)16/h9,12,14H,2-8H2,1H3. The van der Waals surface area contributed by atoms with Crippen LogP contribution in [0.4, 0.5) is 0 Å². The minimum Gasteiger partial charge on any atom is -0.390 e. The van der Waals surface area contributed by atoms with Gasteiger partial charge in [0, 0.05) is 19.4 Å². The van der Waals surface area contributed by atoms with Gasteiger partial charge in [-0.15, -0.1) is 0 Å². The number of rotatable bonds is 5. The first kappa shape index (κ1) is 13.1. The Morgan fingerprint density at radius 1 is 1.31 bits per heavy atom. The van der Waals surface area contributed by atoms with Crippen molar-refractivity contribution in [2.24, 2.45) is 0 Å². The molecular formula is C11H20N2O3. The van der Waals surface area contributed by atoms with Gasteiger partial charge in [0.05, 0.1) is 12.6 Å². The van der Waals surface area contributed by atoms with Crippen molar-refractivity contribution in [1.82, 2.24) is 10.2 Å². The zero-order chi connectivity index (χ0) is 12.0. The Hall–Kier alpha value is -0.940. The van der Waals surface area contributed by atoms with Crippen LogP contribution in [-0.2, 0) is 9.59 Å². The zero-order valence-electron chi connectivity index (χ0n) is 9.74. The van der Waals surface area contributed by atoms with Crippen molar-refractivity contribution in [3.05, 3.63) is 0 Å². The molecule has 0 aromatic heterocycles. The minimum atomic E-state index is -0.675. The number of amides is 2. The molecule has 2 N–H and O–H groups in total. The van der Waals surface area contributed by atoms with E-state index in [9.17, 15) is 14.7 Å². The summed E-state index contributed by atoms with van der Waals surface area (Å²) >= 11 is 0. The molecule has 1 heterocycles. The first-order valence-corrected chi connectivity index (χ1v) is 5.87. The molecule has 0 aromatic carbocycles. The number of aliphatic hydroxyl groups is 1. The summed E-state index contributed by atoms with van der Waals surface area (Å²) in [6, 6.07) is 0. The Morgan fingerprint density at radius 3 is 2.38 bits per heavy atom. The third-order valence-corrected chi connectivity index (χ3v) is 2.66. The van der Waals surface area contributed by atoms with E-state index in [0.717, 1.165) is 19.4 Å². The molecule has 0 aromatic rings. The monoisotopic (exact) mass is 228 g/mol. The fourth-order valence-electron chi connectivity index (χ4n) is 1.75. The Kier molecular flexibility index (Phi) is 5.42. The van der Waals surface area contributed by atoms with Gasteiger partial charge < -0.3 is 10.4 Å². The highest BCUT2D eigenvalue weighted by Crippen LogP contribution is 2.12. The predicted molar refractivity (Wildman–Crippen MR) is 59.7 cm³/mol. The van der Waals surface area contributed by atoms with Gasteiger partial charge in [0.2, 0.25) is 11.8 Å². The van der Waals surface area contributed by atoms with Crippen LogP contribution in [-0.4, -0.2) is 47.6 Å². The molecule has 1 fully saturated rings. The summed E-state index contributed by atoms with van der Waals surface area (Å²) in [5.74, 6) is -0.309. The van der Waals surface area contributed by atoms with E-state index >= 15 is 0 Å². The first-order valence-electron chi connectivity index (χ1n) is 5.87. The van der Waals surface area contributed by atoms with Crippen LogP contribution >= 0.6 is 0 Å². The summed E-state index contributed by atoms with van der Waals surface area (Å²) < 4.78 is 0. The third-order valence-electron chi connectivity index (χ3n) is 2.66. The van der Waals surface area contributed by atoms with Crippen molar-refractivity contribution < 1.29 is 14.7 Å². The molecule has 0 aliphatic carbocycles. The van der Waals surface area contributed by atoms with Gasteiger partial charge in [0.15, 0.2) is 0 Å². The molecule has 1 rings (SSSR count). The van der Waals surface area contributed by atoms with Gasteiger partial charge in [-0.05, 0) is 19.4 Å². The Morgan fingerprint density at radius 2 is 1.88 bits per heavy atom. The smallest absolute Gasteiger partial charge is 0.229 e. The molecular weight excluding hydrogens is 208 g/mol. The number of likely N-dealkylation sites (N-methyl/N-ethyl adjacent to an activating group) is 1. The second-order valence-corrected chi connectivity index (χ2v) is 4.07. The molecule has 0 bridgehead atoms. The molecule has 2 amide bonds. The van der Waals surface area contributed by atoms with E-state index < -0.39 is 6.10 Å². The van der Waals surface area contributed by atoms with Crippen LogP contribution < -0.4 is 5.32 Å². The highest BCUT2D eigenvalue weighted by atomic mass is 16.3. The number of hydrogen-bond acceptors (Lipinski definition) is 4. The van der Waals surface area contributed by atoms with E-state index in [1.807, 2.05) is 6.92 Å². The van der Waals surface area contributed by atoms with Gasteiger partial charge in [-0.1, -0.05) is 6.92 Å². The maximum atomic E-state index is 11.6. The lowest BCUT2D eigenvalue weighted by Crippen LogP contribution is -2.43. The van der Waals surface area contributed by atoms with E-state index in [1.54, 1.807) is 0 Å². The largest absolute Gasteiger partial charge is 0.390 e. The van der Waals surface area contributed by atoms with Crippen LogP contribution in [0.15, 0.2) is 0 Å². The molecule has 1 aliphatic heterocycles. The van der Waals surface area contributed by atoms with Crippen molar-refractivity contribution in [3.63, 3.8) is 0 Å². The van der Waals surface area contributed by atoms with Crippen molar-refractivity contribution >= 4 is 11.8 Å². The zero-order valence-corrected chi connectivity index (χ0v) is 9.74. The molecule has 5 nitrogen and oxygen atoms in total. The molecule has 0 saturated carbocycles. The number of aliphatic hydroxyl groups excluding tert-OH is 1. The van der Waals surface area contributed by atoms with E-state index in [4.69, 9.17) is 0 Å².